The molecule has 17 heavy (non-hydrogen) atoms. The Labute approximate surface area is 108 Å². The van der Waals surface area contributed by atoms with Gasteiger partial charge in [-0.3, -0.25) is 0 Å². The van der Waals surface area contributed by atoms with Crippen LogP contribution in [0.1, 0.15) is 46.0 Å². The van der Waals surface area contributed by atoms with E-state index in [1.807, 2.05) is 13.8 Å². The third-order valence-corrected chi connectivity index (χ3v) is 2.42. The van der Waals surface area contributed by atoms with E-state index in [1.165, 1.54) is 0 Å². The molecule has 1 unspecified atom stereocenters. The van der Waals surface area contributed by atoms with Crippen molar-refractivity contribution in [2.75, 3.05) is 13.2 Å². The Morgan fingerprint density at radius 2 is 1.71 bits per heavy atom. The van der Waals surface area contributed by atoms with E-state index >= 15 is 0 Å². The average Bonchev–Trinajstić information content (AvgIpc) is 2.29. The van der Waals surface area contributed by atoms with Crippen molar-refractivity contribution in [2.45, 2.75) is 52.1 Å². The highest BCUT2D eigenvalue weighted by Crippen LogP contribution is 2.02. The van der Waals surface area contributed by atoms with Gasteiger partial charge in [0, 0.05) is 0 Å². The molecule has 0 aromatic heterocycles. The minimum absolute atomic E-state index is 0.0318. The maximum atomic E-state index is 11.3. The van der Waals surface area contributed by atoms with Gasteiger partial charge in [0.2, 0.25) is 0 Å². The third-order valence-electron chi connectivity index (χ3n) is 2.14. The first-order valence-corrected chi connectivity index (χ1v) is 6.52. The molecule has 0 spiro atoms. The number of aliphatic hydroxyl groups is 1. The molecule has 100 valence electrons. The number of hydrogen-bond donors (Lipinski definition) is 1. The molecule has 0 aliphatic rings. The Bertz CT molecular complexity index is 231. The van der Waals surface area contributed by atoms with Crippen molar-refractivity contribution >= 4 is 23.2 Å². The summed E-state index contributed by atoms with van der Waals surface area (Å²) in [6, 6.07) is 0. The summed E-state index contributed by atoms with van der Waals surface area (Å²) in [5.74, 6) is -0.625. The highest BCUT2D eigenvalue weighted by atomic mass is 32.1. The fourth-order valence-corrected chi connectivity index (χ4v) is 1.28. The van der Waals surface area contributed by atoms with Crippen molar-refractivity contribution in [2.24, 2.45) is 0 Å². The van der Waals surface area contributed by atoms with E-state index in [0.29, 0.717) is 13.2 Å². The van der Waals surface area contributed by atoms with Crippen LogP contribution < -0.4 is 0 Å². The van der Waals surface area contributed by atoms with E-state index in [-0.39, 0.29) is 11.5 Å². The molecule has 0 bridgehead atoms. The topological polar surface area (TPSA) is 55.8 Å². The van der Waals surface area contributed by atoms with Crippen molar-refractivity contribution in [3.05, 3.63) is 0 Å². The maximum Gasteiger partial charge on any atom is 0.335 e. The molecular formula is C12H22O4S. The van der Waals surface area contributed by atoms with Crippen molar-refractivity contribution in [1.29, 1.82) is 0 Å². The number of carbonyl (C=O) groups excluding carboxylic acids is 1. The van der Waals surface area contributed by atoms with Crippen LogP contribution in [0.2, 0.25) is 0 Å². The summed E-state index contributed by atoms with van der Waals surface area (Å²) in [5, 5.41) is 9.76. The van der Waals surface area contributed by atoms with Gasteiger partial charge in [0.15, 0.2) is 11.2 Å². The lowest BCUT2D eigenvalue weighted by atomic mass is 10.2. The number of thiocarbonyl (C=S) groups is 1. The molecule has 5 heteroatoms. The van der Waals surface area contributed by atoms with Crippen molar-refractivity contribution < 1.29 is 19.4 Å². The Morgan fingerprint density at radius 1 is 1.18 bits per heavy atom. The minimum Gasteiger partial charge on any atom is -0.487 e. The van der Waals surface area contributed by atoms with Gasteiger partial charge < -0.3 is 14.6 Å². The second kappa shape index (κ2) is 10.5. The summed E-state index contributed by atoms with van der Waals surface area (Å²) in [6.07, 6.45) is 2.50. The second-order valence-corrected chi connectivity index (χ2v) is 4.27. The Hall–Kier alpha value is -0.680. The van der Waals surface area contributed by atoms with Gasteiger partial charge >= 0.3 is 5.97 Å². The molecular weight excluding hydrogens is 240 g/mol. The van der Waals surface area contributed by atoms with E-state index in [4.69, 9.17) is 21.7 Å². The SMILES string of the molecule is CCCCOC(=O)C(O)CC(=S)OCCCC. The lowest BCUT2D eigenvalue weighted by Gasteiger charge is -2.11. The quantitative estimate of drug-likeness (QED) is 0.392. The number of hydrogen-bond acceptors (Lipinski definition) is 5. The highest BCUT2D eigenvalue weighted by Gasteiger charge is 2.18. The third kappa shape index (κ3) is 9.06. The van der Waals surface area contributed by atoms with Gasteiger partial charge in [-0.2, -0.15) is 0 Å². The van der Waals surface area contributed by atoms with Gasteiger partial charge in [0.1, 0.15) is 0 Å². The fourth-order valence-electron chi connectivity index (χ4n) is 1.04. The van der Waals surface area contributed by atoms with Crippen LogP contribution in [0.15, 0.2) is 0 Å². The van der Waals surface area contributed by atoms with Crippen LogP contribution in [0.3, 0.4) is 0 Å². The van der Waals surface area contributed by atoms with E-state index in [1.54, 1.807) is 0 Å². The van der Waals surface area contributed by atoms with Gasteiger partial charge in [-0.05, 0) is 25.1 Å². The summed E-state index contributed by atoms with van der Waals surface area (Å²) < 4.78 is 10.1. The lowest BCUT2D eigenvalue weighted by Crippen LogP contribution is -2.26. The average molecular weight is 262 g/mol. The zero-order chi connectivity index (χ0) is 13.1. The summed E-state index contributed by atoms with van der Waals surface area (Å²) in [7, 11) is 0. The number of esters is 1. The smallest absolute Gasteiger partial charge is 0.335 e. The summed E-state index contributed by atoms with van der Waals surface area (Å²) in [4.78, 5) is 11.3. The van der Waals surface area contributed by atoms with Crippen LogP contribution in [-0.4, -0.2) is 35.4 Å². The molecule has 0 radical (unpaired) electrons. The molecule has 0 fully saturated rings. The van der Waals surface area contributed by atoms with E-state index in [9.17, 15) is 9.90 Å². The van der Waals surface area contributed by atoms with Gasteiger partial charge in [0.25, 0.3) is 0 Å². The molecule has 1 atom stereocenters. The molecule has 0 amide bonds. The zero-order valence-corrected chi connectivity index (χ0v) is 11.4. The molecule has 0 saturated carbocycles. The first-order chi connectivity index (χ1) is 8.11. The van der Waals surface area contributed by atoms with Crippen molar-refractivity contribution in [3.8, 4) is 0 Å². The molecule has 0 aromatic carbocycles. The van der Waals surface area contributed by atoms with Crippen molar-refractivity contribution in [1.82, 2.24) is 0 Å². The van der Waals surface area contributed by atoms with Gasteiger partial charge in [0.05, 0.1) is 19.6 Å². The lowest BCUT2D eigenvalue weighted by molar-refractivity contribution is -0.153. The molecule has 0 aromatic rings. The van der Waals surface area contributed by atoms with Crippen LogP contribution in [0.25, 0.3) is 0 Å². The summed E-state index contributed by atoms with van der Waals surface area (Å²) in [6.45, 7) is 4.93. The van der Waals surface area contributed by atoms with Gasteiger partial charge in [-0.25, -0.2) is 4.79 Å². The van der Waals surface area contributed by atoms with Crippen LogP contribution >= 0.6 is 12.2 Å². The number of ether oxygens (including phenoxy) is 2. The molecule has 0 saturated heterocycles. The number of aliphatic hydroxyl groups excluding tert-OH is 1. The maximum absolute atomic E-state index is 11.3. The Balaban J connectivity index is 3.71. The van der Waals surface area contributed by atoms with Gasteiger partial charge in [-0.15, -0.1) is 0 Å². The predicted octanol–water partition coefficient (Wildman–Crippen LogP) is 2.22. The first-order valence-electron chi connectivity index (χ1n) is 6.12. The predicted molar refractivity (Wildman–Crippen MR) is 69.9 cm³/mol. The van der Waals surface area contributed by atoms with Crippen LogP contribution in [-0.2, 0) is 14.3 Å². The zero-order valence-electron chi connectivity index (χ0n) is 10.6. The Kier molecular flexibility index (Phi) is 10.1. The largest absolute Gasteiger partial charge is 0.487 e. The second-order valence-electron chi connectivity index (χ2n) is 3.81. The van der Waals surface area contributed by atoms with E-state index in [0.717, 1.165) is 25.7 Å². The van der Waals surface area contributed by atoms with Crippen molar-refractivity contribution in [3.63, 3.8) is 0 Å². The molecule has 0 aliphatic carbocycles. The standard InChI is InChI=1S/C12H22O4S/c1-3-5-7-15-11(17)9-10(13)12(14)16-8-6-4-2/h10,13H,3-9H2,1-2H3. The molecule has 0 aliphatic heterocycles. The van der Waals surface area contributed by atoms with E-state index in [2.05, 4.69) is 0 Å². The monoisotopic (exact) mass is 262 g/mol. The first kappa shape index (κ1) is 16.3. The number of unbranched alkanes of at least 4 members (excludes halogenated alkanes) is 2. The summed E-state index contributed by atoms with van der Waals surface area (Å²) >= 11 is 4.91. The normalized spacial score (nSPS) is 11.9. The van der Waals surface area contributed by atoms with E-state index < -0.39 is 12.1 Å². The number of carbonyl (C=O) groups is 1. The Morgan fingerprint density at radius 3 is 2.24 bits per heavy atom. The minimum atomic E-state index is -1.21. The molecule has 0 rings (SSSR count). The summed E-state index contributed by atoms with van der Waals surface area (Å²) in [5.41, 5.74) is 0. The molecule has 0 heterocycles. The molecule has 4 nitrogen and oxygen atoms in total. The van der Waals surface area contributed by atoms with Gasteiger partial charge in [-0.1, -0.05) is 26.7 Å². The fraction of sp³-hybridized carbons (Fsp3) is 0.833. The van der Waals surface area contributed by atoms with Crippen LogP contribution in [0.5, 0.6) is 0 Å². The highest BCUT2D eigenvalue weighted by molar-refractivity contribution is 7.80. The van der Waals surface area contributed by atoms with Crippen LogP contribution in [0.4, 0.5) is 0 Å². The number of rotatable bonds is 9. The molecule has 1 N–H and O–H groups in total. The van der Waals surface area contributed by atoms with Crippen LogP contribution in [0, 0.1) is 0 Å².